The minimum Gasteiger partial charge on any atom is -0.368 e. The second kappa shape index (κ2) is 10.2. The number of nitrogens with zero attached hydrogens (tertiary/aromatic N) is 4. The van der Waals surface area contributed by atoms with Gasteiger partial charge >= 0.3 is 0 Å². The number of rotatable bonds is 3. The van der Waals surface area contributed by atoms with Crippen LogP contribution in [0.1, 0.15) is 12.8 Å². The van der Waals surface area contributed by atoms with E-state index in [-0.39, 0.29) is 29.9 Å². The van der Waals surface area contributed by atoms with Crippen LogP contribution in [0.5, 0.6) is 0 Å². The summed E-state index contributed by atoms with van der Waals surface area (Å²) in [5, 5.41) is 3.96. The first-order valence-electron chi connectivity index (χ1n) is 8.91. The molecular weight excluding hydrogens is 465 g/mol. The normalized spacial score (nSPS) is 17.9. The van der Waals surface area contributed by atoms with Crippen molar-refractivity contribution in [2.75, 3.05) is 57.8 Å². The number of carbonyl (C=O) groups excluding carboxylic acids is 1. The van der Waals surface area contributed by atoms with E-state index in [2.05, 4.69) is 20.1 Å². The highest BCUT2D eigenvalue weighted by molar-refractivity contribution is 14.0. The molecule has 0 aliphatic carbocycles. The molecule has 0 bridgehead atoms. The molecule has 0 unspecified atom stereocenters. The minimum atomic E-state index is 0. The van der Waals surface area contributed by atoms with Crippen LogP contribution in [0.25, 0.3) is 0 Å². The first kappa shape index (κ1) is 21.1. The van der Waals surface area contributed by atoms with E-state index >= 15 is 0 Å². The first-order valence-corrected chi connectivity index (χ1v) is 9.29. The summed E-state index contributed by atoms with van der Waals surface area (Å²) in [7, 11) is 1.77. The fraction of sp³-hybridized carbons (Fsp3) is 0.556. The van der Waals surface area contributed by atoms with Gasteiger partial charge in [-0.25, -0.2) is 0 Å². The number of guanidine groups is 1. The molecule has 6 nitrogen and oxygen atoms in total. The van der Waals surface area contributed by atoms with E-state index in [1.165, 1.54) is 12.8 Å². The number of amides is 1. The fourth-order valence-corrected chi connectivity index (χ4v) is 3.52. The lowest BCUT2D eigenvalue weighted by Gasteiger charge is -2.36. The Balaban J connectivity index is 0.00000243. The number of carbonyl (C=O) groups is 1. The molecule has 8 heteroatoms. The topological polar surface area (TPSA) is 51.2 Å². The summed E-state index contributed by atoms with van der Waals surface area (Å²) in [5.41, 5.74) is 1.16. The number of anilines is 1. The third kappa shape index (κ3) is 5.39. The van der Waals surface area contributed by atoms with Crippen molar-refractivity contribution in [2.45, 2.75) is 12.8 Å². The van der Waals surface area contributed by atoms with E-state index in [0.717, 1.165) is 55.9 Å². The van der Waals surface area contributed by atoms with Crippen LogP contribution in [-0.4, -0.2) is 74.5 Å². The van der Waals surface area contributed by atoms with E-state index < -0.39 is 0 Å². The molecule has 2 fully saturated rings. The van der Waals surface area contributed by atoms with Crippen LogP contribution < -0.4 is 10.2 Å². The zero-order chi connectivity index (χ0) is 17.6. The Hall–Kier alpha value is -1.22. The van der Waals surface area contributed by atoms with Gasteiger partial charge in [0.25, 0.3) is 0 Å². The predicted octanol–water partition coefficient (Wildman–Crippen LogP) is 2.28. The maximum atomic E-state index is 12.5. The molecule has 0 spiro atoms. The number of halogens is 2. The summed E-state index contributed by atoms with van der Waals surface area (Å²) in [6, 6.07) is 7.87. The molecule has 0 radical (unpaired) electrons. The summed E-state index contributed by atoms with van der Waals surface area (Å²) < 4.78 is 0. The highest BCUT2D eigenvalue weighted by atomic mass is 127. The Morgan fingerprint density at radius 3 is 2.23 bits per heavy atom. The summed E-state index contributed by atoms with van der Waals surface area (Å²) in [4.78, 5) is 23.2. The van der Waals surface area contributed by atoms with E-state index in [9.17, 15) is 4.79 Å². The number of hydrogen-bond acceptors (Lipinski definition) is 3. The molecule has 0 aromatic heterocycles. The second-order valence-electron chi connectivity index (χ2n) is 6.44. The number of aliphatic imine (C=N–C) groups is 1. The van der Waals surface area contributed by atoms with Gasteiger partial charge in [0.1, 0.15) is 0 Å². The molecule has 1 aromatic rings. The zero-order valence-electron chi connectivity index (χ0n) is 15.2. The maximum Gasteiger partial charge on any atom is 0.242 e. The third-order valence-corrected chi connectivity index (χ3v) is 5.09. The van der Waals surface area contributed by atoms with E-state index in [4.69, 9.17) is 11.6 Å². The van der Waals surface area contributed by atoms with Crippen molar-refractivity contribution in [3.63, 3.8) is 0 Å². The Labute approximate surface area is 177 Å². The number of piperazine rings is 1. The van der Waals surface area contributed by atoms with Crippen LogP contribution in [0.4, 0.5) is 5.69 Å². The minimum absolute atomic E-state index is 0. The van der Waals surface area contributed by atoms with Gasteiger partial charge in [0, 0.05) is 57.0 Å². The Morgan fingerprint density at radius 1 is 1.04 bits per heavy atom. The molecular formula is C18H27ClIN5O. The van der Waals surface area contributed by atoms with E-state index in [0.29, 0.717) is 6.54 Å². The van der Waals surface area contributed by atoms with Gasteiger partial charge in [0.15, 0.2) is 5.96 Å². The van der Waals surface area contributed by atoms with Gasteiger partial charge in [-0.3, -0.25) is 9.79 Å². The second-order valence-corrected chi connectivity index (χ2v) is 6.88. The van der Waals surface area contributed by atoms with Gasteiger partial charge in [0.05, 0.1) is 6.54 Å². The first-order chi connectivity index (χ1) is 12.2. The summed E-state index contributed by atoms with van der Waals surface area (Å²) in [5.74, 6) is 0.974. The van der Waals surface area contributed by atoms with Gasteiger partial charge in [-0.05, 0) is 37.1 Å². The highest BCUT2D eigenvalue weighted by Crippen LogP contribution is 2.19. The van der Waals surface area contributed by atoms with Crippen LogP contribution >= 0.6 is 35.6 Å². The van der Waals surface area contributed by atoms with Crippen molar-refractivity contribution in [3.05, 3.63) is 29.3 Å². The molecule has 144 valence electrons. The molecule has 3 rings (SSSR count). The Kier molecular flexibility index (Phi) is 8.27. The monoisotopic (exact) mass is 491 g/mol. The van der Waals surface area contributed by atoms with Crippen molar-refractivity contribution in [3.8, 4) is 0 Å². The van der Waals surface area contributed by atoms with Gasteiger partial charge in [0.2, 0.25) is 5.91 Å². The standard InChI is InChI=1S/C18H26ClN5O.HI/c1-20-18(24-8-2-3-9-24)21-14-17(25)23-12-10-22(11-13-23)16-6-4-15(19)5-7-16;/h4-7H,2-3,8-14H2,1H3,(H,20,21);1H. The highest BCUT2D eigenvalue weighted by Gasteiger charge is 2.22. The van der Waals surface area contributed by atoms with Crippen LogP contribution in [-0.2, 0) is 4.79 Å². The number of nitrogens with one attached hydrogen (secondary N) is 1. The molecule has 26 heavy (non-hydrogen) atoms. The molecule has 1 amide bonds. The zero-order valence-corrected chi connectivity index (χ0v) is 18.2. The summed E-state index contributed by atoms with van der Waals surface area (Å²) in [6.45, 7) is 5.52. The lowest BCUT2D eigenvalue weighted by Crippen LogP contribution is -2.52. The molecule has 1 N–H and O–H groups in total. The number of benzene rings is 1. The van der Waals surface area contributed by atoms with Crippen LogP contribution in [0, 0.1) is 0 Å². The average Bonchev–Trinajstić information content (AvgIpc) is 3.17. The molecule has 1 aromatic carbocycles. The largest absolute Gasteiger partial charge is 0.368 e. The van der Waals surface area contributed by atoms with Crippen LogP contribution in [0.3, 0.4) is 0 Å². The van der Waals surface area contributed by atoms with Crippen molar-refractivity contribution < 1.29 is 4.79 Å². The SMILES string of the molecule is CN=C(NCC(=O)N1CCN(c2ccc(Cl)cc2)CC1)N1CCCC1.I. The molecule has 2 heterocycles. The van der Waals surface area contributed by atoms with Gasteiger partial charge in [-0.15, -0.1) is 24.0 Å². The van der Waals surface area contributed by atoms with E-state index in [1.807, 2.05) is 29.2 Å². The summed E-state index contributed by atoms with van der Waals surface area (Å²) >= 11 is 5.94. The average molecular weight is 492 g/mol. The number of likely N-dealkylation sites (tertiary alicyclic amines) is 1. The third-order valence-electron chi connectivity index (χ3n) is 4.84. The fourth-order valence-electron chi connectivity index (χ4n) is 3.39. The van der Waals surface area contributed by atoms with E-state index in [1.54, 1.807) is 7.05 Å². The molecule has 2 saturated heterocycles. The Bertz CT molecular complexity index is 611. The maximum absolute atomic E-state index is 12.5. The Morgan fingerprint density at radius 2 is 1.65 bits per heavy atom. The quantitative estimate of drug-likeness (QED) is 0.400. The van der Waals surface area contributed by atoms with Crippen molar-refractivity contribution in [1.29, 1.82) is 0 Å². The lowest BCUT2D eigenvalue weighted by atomic mass is 10.2. The van der Waals surface area contributed by atoms with Gasteiger partial charge in [-0.1, -0.05) is 11.6 Å². The smallest absolute Gasteiger partial charge is 0.242 e. The van der Waals surface area contributed by atoms with Crippen LogP contribution in [0.2, 0.25) is 5.02 Å². The van der Waals surface area contributed by atoms with Crippen molar-refractivity contribution in [1.82, 2.24) is 15.1 Å². The van der Waals surface area contributed by atoms with Gasteiger partial charge < -0.3 is 20.0 Å². The molecule has 0 saturated carbocycles. The number of hydrogen-bond donors (Lipinski definition) is 1. The summed E-state index contributed by atoms with van der Waals surface area (Å²) in [6.07, 6.45) is 2.39. The van der Waals surface area contributed by atoms with Crippen molar-refractivity contribution in [2.24, 2.45) is 4.99 Å². The molecule has 2 aliphatic heterocycles. The molecule has 0 atom stereocenters. The van der Waals surface area contributed by atoms with Gasteiger partial charge in [-0.2, -0.15) is 0 Å². The predicted molar refractivity (Wildman–Crippen MR) is 118 cm³/mol. The molecule has 2 aliphatic rings. The lowest BCUT2D eigenvalue weighted by molar-refractivity contribution is -0.130. The van der Waals surface area contributed by atoms with Crippen molar-refractivity contribution >= 4 is 53.1 Å². The van der Waals surface area contributed by atoms with Crippen LogP contribution in [0.15, 0.2) is 29.3 Å².